The van der Waals surface area contributed by atoms with Crippen molar-refractivity contribution in [2.75, 3.05) is 5.32 Å². The number of benzene rings is 1. The lowest BCUT2D eigenvalue weighted by Gasteiger charge is -2.16. The van der Waals surface area contributed by atoms with Crippen LogP contribution in [-0.2, 0) is 4.79 Å². The van der Waals surface area contributed by atoms with Crippen molar-refractivity contribution in [1.29, 1.82) is 0 Å². The van der Waals surface area contributed by atoms with Gasteiger partial charge in [0.1, 0.15) is 5.38 Å². The summed E-state index contributed by atoms with van der Waals surface area (Å²) < 4.78 is 11.1. The summed E-state index contributed by atoms with van der Waals surface area (Å²) in [7, 11) is 0. The van der Waals surface area contributed by atoms with Crippen molar-refractivity contribution in [2.24, 2.45) is 0 Å². The van der Waals surface area contributed by atoms with E-state index in [-0.39, 0.29) is 5.91 Å². The number of ether oxygens (including phenoxy) is 2. The molecule has 1 N–H and O–H groups in total. The van der Waals surface area contributed by atoms with Crippen molar-refractivity contribution in [3.05, 3.63) is 18.2 Å². The summed E-state index contributed by atoms with van der Waals surface area (Å²) in [5.74, 6) is 0.386. The van der Waals surface area contributed by atoms with Crippen LogP contribution in [0.1, 0.15) is 20.8 Å². The van der Waals surface area contributed by atoms with Crippen LogP contribution in [0.3, 0.4) is 0 Å². The van der Waals surface area contributed by atoms with Gasteiger partial charge in [-0.25, -0.2) is 0 Å². The largest absolute Gasteiger partial charge is 0.449 e. The second-order valence-electron chi connectivity index (χ2n) is 4.37. The molecule has 0 aromatic heterocycles. The molecule has 0 spiro atoms. The van der Waals surface area contributed by atoms with Crippen molar-refractivity contribution in [3.8, 4) is 11.5 Å². The maximum Gasteiger partial charge on any atom is 0.246 e. The van der Waals surface area contributed by atoms with E-state index in [1.807, 2.05) is 13.8 Å². The number of anilines is 1. The number of rotatable bonds is 2. The maximum atomic E-state index is 11.4. The summed E-state index contributed by atoms with van der Waals surface area (Å²) in [5, 5.41) is 2.12. The van der Waals surface area contributed by atoms with Gasteiger partial charge in [0.05, 0.1) is 0 Å². The zero-order chi connectivity index (χ0) is 12.6. The van der Waals surface area contributed by atoms with Crippen LogP contribution < -0.4 is 14.8 Å². The Kier molecular flexibility index (Phi) is 2.91. The van der Waals surface area contributed by atoms with E-state index in [1.54, 1.807) is 25.1 Å². The van der Waals surface area contributed by atoms with Gasteiger partial charge in [-0.1, -0.05) is 0 Å². The predicted octanol–water partition coefficient (Wildman–Crippen LogP) is 2.76. The number of hydrogen-bond acceptors (Lipinski definition) is 3. The predicted molar refractivity (Wildman–Crippen MR) is 65.7 cm³/mol. The minimum atomic E-state index is -0.662. The standard InChI is InChI=1S/C12H14ClNO3/c1-7(13)11(15)14-8-4-5-9-10(6-8)17-12(2,3)16-9/h4-7H,1-3H3,(H,14,15). The van der Waals surface area contributed by atoms with E-state index in [0.717, 1.165) is 0 Å². The molecule has 17 heavy (non-hydrogen) atoms. The summed E-state index contributed by atoms with van der Waals surface area (Å²) >= 11 is 5.67. The van der Waals surface area contributed by atoms with Crippen molar-refractivity contribution in [2.45, 2.75) is 31.9 Å². The summed E-state index contributed by atoms with van der Waals surface area (Å²) in [5.41, 5.74) is 0.641. The van der Waals surface area contributed by atoms with Crippen LogP contribution in [0.25, 0.3) is 0 Å². The number of nitrogens with one attached hydrogen (secondary N) is 1. The molecule has 4 nitrogen and oxygen atoms in total. The number of alkyl halides is 1. The van der Waals surface area contributed by atoms with Gasteiger partial charge in [0.2, 0.25) is 11.7 Å². The molecule has 0 fully saturated rings. The first-order valence-electron chi connectivity index (χ1n) is 5.34. The van der Waals surface area contributed by atoms with E-state index in [1.165, 1.54) is 0 Å². The first kappa shape index (κ1) is 12.0. The Morgan fingerprint density at radius 3 is 2.65 bits per heavy atom. The third kappa shape index (κ3) is 2.64. The van der Waals surface area contributed by atoms with E-state index in [9.17, 15) is 4.79 Å². The molecule has 0 aliphatic carbocycles. The van der Waals surface area contributed by atoms with Gasteiger partial charge in [-0.05, 0) is 19.1 Å². The molecular weight excluding hydrogens is 242 g/mol. The summed E-state index contributed by atoms with van der Waals surface area (Å²) in [6.07, 6.45) is 0. The number of carbonyl (C=O) groups excluding carboxylic acids is 1. The third-order valence-electron chi connectivity index (χ3n) is 2.28. The lowest BCUT2D eigenvalue weighted by molar-refractivity contribution is -0.115. The molecule has 1 amide bonds. The normalized spacial score (nSPS) is 17.6. The van der Waals surface area contributed by atoms with Crippen molar-refractivity contribution in [1.82, 2.24) is 0 Å². The summed E-state index contributed by atoms with van der Waals surface area (Å²) in [6.45, 7) is 5.27. The van der Waals surface area contributed by atoms with Crippen LogP contribution in [0.5, 0.6) is 11.5 Å². The average Bonchev–Trinajstić information content (AvgIpc) is 2.50. The maximum absolute atomic E-state index is 11.4. The van der Waals surface area contributed by atoms with Crippen LogP contribution in [0.15, 0.2) is 18.2 Å². The zero-order valence-corrected chi connectivity index (χ0v) is 10.7. The Morgan fingerprint density at radius 2 is 2.00 bits per heavy atom. The van der Waals surface area contributed by atoms with Gasteiger partial charge < -0.3 is 14.8 Å². The summed E-state index contributed by atoms with van der Waals surface area (Å²) in [4.78, 5) is 11.4. The fraction of sp³-hybridized carbons (Fsp3) is 0.417. The van der Waals surface area contributed by atoms with Crippen molar-refractivity contribution < 1.29 is 14.3 Å². The van der Waals surface area contributed by atoms with Gasteiger partial charge in [0.25, 0.3) is 0 Å². The molecule has 1 atom stereocenters. The highest BCUT2D eigenvalue weighted by molar-refractivity contribution is 6.32. The molecule has 0 radical (unpaired) electrons. The highest BCUT2D eigenvalue weighted by Crippen LogP contribution is 2.40. The van der Waals surface area contributed by atoms with Gasteiger partial charge >= 0.3 is 0 Å². The van der Waals surface area contributed by atoms with E-state index in [0.29, 0.717) is 17.2 Å². The summed E-state index contributed by atoms with van der Waals surface area (Å²) in [6, 6.07) is 5.24. The van der Waals surface area contributed by atoms with Crippen LogP contribution in [0, 0.1) is 0 Å². The molecule has 92 valence electrons. The molecule has 0 saturated heterocycles. The lowest BCUT2D eigenvalue weighted by atomic mass is 10.2. The second kappa shape index (κ2) is 4.11. The quantitative estimate of drug-likeness (QED) is 0.827. The Bertz CT molecular complexity index is 457. The van der Waals surface area contributed by atoms with Gasteiger partial charge in [-0.2, -0.15) is 0 Å². The minimum absolute atomic E-state index is 0.246. The molecular formula is C12H14ClNO3. The number of amides is 1. The van der Waals surface area contributed by atoms with E-state index >= 15 is 0 Å². The zero-order valence-electron chi connectivity index (χ0n) is 9.91. The van der Waals surface area contributed by atoms with E-state index in [4.69, 9.17) is 21.1 Å². The molecule has 1 heterocycles. The molecule has 5 heteroatoms. The van der Waals surface area contributed by atoms with Crippen molar-refractivity contribution in [3.63, 3.8) is 0 Å². The monoisotopic (exact) mass is 255 g/mol. The van der Waals surface area contributed by atoms with Gasteiger partial charge in [0, 0.05) is 25.6 Å². The molecule has 0 bridgehead atoms. The van der Waals surface area contributed by atoms with Crippen molar-refractivity contribution >= 4 is 23.2 Å². The Labute approximate surface area is 105 Å². The average molecular weight is 256 g/mol. The Balaban J connectivity index is 2.17. The highest BCUT2D eigenvalue weighted by atomic mass is 35.5. The number of fused-ring (bicyclic) bond motifs is 1. The smallest absolute Gasteiger partial charge is 0.246 e. The molecule has 1 aliphatic heterocycles. The SMILES string of the molecule is CC(Cl)C(=O)Nc1ccc2c(c1)OC(C)(C)O2. The highest BCUT2D eigenvalue weighted by Gasteiger charge is 2.31. The fourth-order valence-corrected chi connectivity index (χ4v) is 1.60. The second-order valence-corrected chi connectivity index (χ2v) is 5.03. The molecule has 1 aromatic carbocycles. The van der Waals surface area contributed by atoms with Gasteiger partial charge in [0.15, 0.2) is 11.5 Å². The molecule has 1 unspecified atom stereocenters. The van der Waals surface area contributed by atoms with Crippen LogP contribution in [0.2, 0.25) is 0 Å². The minimum Gasteiger partial charge on any atom is -0.449 e. The molecule has 2 rings (SSSR count). The Hall–Kier alpha value is -1.42. The van der Waals surface area contributed by atoms with E-state index in [2.05, 4.69) is 5.32 Å². The third-order valence-corrected chi connectivity index (χ3v) is 2.48. The first-order chi connectivity index (χ1) is 7.87. The molecule has 1 aromatic rings. The Morgan fingerprint density at radius 1 is 1.35 bits per heavy atom. The van der Waals surface area contributed by atoms with Gasteiger partial charge in [-0.3, -0.25) is 4.79 Å². The topological polar surface area (TPSA) is 47.6 Å². The fourth-order valence-electron chi connectivity index (χ4n) is 1.54. The van der Waals surface area contributed by atoms with Crippen LogP contribution >= 0.6 is 11.6 Å². The number of halogens is 1. The first-order valence-corrected chi connectivity index (χ1v) is 5.78. The van der Waals surface area contributed by atoms with Crippen LogP contribution in [-0.4, -0.2) is 17.1 Å². The molecule has 0 saturated carbocycles. The van der Waals surface area contributed by atoms with Crippen LogP contribution in [0.4, 0.5) is 5.69 Å². The van der Waals surface area contributed by atoms with E-state index < -0.39 is 11.2 Å². The number of hydrogen-bond donors (Lipinski definition) is 1. The number of carbonyl (C=O) groups is 1. The van der Waals surface area contributed by atoms with Gasteiger partial charge in [-0.15, -0.1) is 11.6 Å². The molecule has 1 aliphatic rings. The lowest BCUT2D eigenvalue weighted by Crippen LogP contribution is -2.29.